The number of rotatable bonds is 6. The van der Waals surface area contributed by atoms with Crippen molar-refractivity contribution in [2.75, 3.05) is 19.7 Å². The number of para-hydroxylation sites is 2. The molecular formula is C21H21FN2O3. The Morgan fingerprint density at radius 2 is 1.89 bits per heavy atom. The van der Waals surface area contributed by atoms with Crippen LogP contribution in [0.4, 0.5) is 4.39 Å². The highest BCUT2D eigenvalue weighted by Crippen LogP contribution is 2.31. The highest BCUT2D eigenvalue weighted by atomic mass is 19.1. The van der Waals surface area contributed by atoms with Gasteiger partial charge in [0.15, 0.2) is 11.5 Å². The van der Waals surface area contributed by atoms with Gasteiger partial charge in [-0.2, -0.15) is 0 Å². The third-order valence-electron chi connectivity index (χ3n) is 4.51. The second kappa shape index (κ2) is 7.80. The molecule has 5 nitrogen and oxygen atoms in total. The number of hydrogen-bond acceptors (Lipinski definition) is 5. The summed E-state index contributed by atoms with van der Waals surface area (Å²) in [5.74, 6) is 1.79. The van der Waals surface area contributed by atoms with Crippen molar-refractivity contribution in [3.8, 4) is 23.0 Å². The fraction of sp³-hybridized carbons (Fsp3) is 0.286. The van der Waals surface area contributed by atoms with Crippen LogP contribution in [-0.2, 0) is 6.54 Å². The maximum absolute atomic E-state index is 13.1. The van der Waals surface area contributed by atoms with Gasteiger partial charge in [0, 0.05) is 18.7 Å². The van der Waals surface area contributed by atoms with Gasteiger partial charge >= 0.3 is 0 Å². The molecule has 0 unspecified atom stereocenters. The van der Waals surface area contributed by atoms with Gasteiger partial charge in [-0.05, 0) is 42.9 Å². The number of nitrogens with zero attached hydrogens (tertiary/aromatic N) is 2. The lowest BCUT2D eigenvalue weighted by Gasteiger charge is -2.30. The molecule has 2 heterocycles. The van der Waals surface area contributed by atoms with Crippen LogP contribution in [0.2, 0.25) is 0 Å². The first-order valence-corrected chi connectivity index (χ1v) is 9.02. The molecule has 0 spiro atoms. The Morgan fingerprint density at radius 3 is 2.67 bits per heavy atom. The molecule has 0 saturated carbocycles. The fourth-order valence-electron chi connectivity index (χ4n) is 3.08. The van der Waals surface area contributed by atoms with Crippen LogP contribution in [-0.4, -0.2) is 35.7 Å². The average Bonchev–Trinajstić information content (AvgIpc) is 3.16. The third-order valence-corrected chi connectivity index (χ3v) is 4.51. The summed E-state index contributed by atoms with van der Waals surface area (Å²) in [6.45, 7) is 4.83. The van der Waals surface area contributed by atoms with Gasteiger partial charge < -0.3 is 13.9 Å². The number of hydrogen-bond donors (Lipinski definition) is 0. The number of benzene rings is 2. The second-order valence-corrected chi connectivity index (χ2v) is 6.48. The Morgan fingerprint density at radius 1 is 1.11 bits per heavy atom. The van der Waals surface area contributed by atoms with Gasteiger partial charge in [0.05, 0.1) is 5.69 Å². The molecule has 1 atom stereocenters. The summed E-state index contributed by atoms with van der Waals surface area (Å²) in [5.41, 5.74) is 1.58. The summed E-state index contributed by atoms with van der Waals surface area (Å²) in [6, 6.07) is 13.8. The van der Waals surface area contributed by atoms with Gasteiger partial charge in [0.25, 0.3) is 0 Å². The average molecular weight is 368 g/mol. The molecule has 1 aliphatic heterocycles. The smallest absolute Gasteiger partial charge is 0.226 e. The minimum Gasteiger partial charge on any atom is -0.486 e. The lowest BCUT2D eigenvalue weighted by Crippen LogP contribution is -2.40. The molecule has 4 rings (SSSR count). The SMILES string of the molecule is CCN(Cc1coc(-c2ccc(F)cc2)n1)C[C@H]1COc2ccccc2O1. The van der Waals surface area contributed by atoms with Crippen LogP contribution in [0.15, 0.2) is 59.2 Å². The van der Waals surface area contributed by atoms with Crippen molar-refractivity contribution >= 4 is 0 Å². The minimum atomic E-state index is -0.279. The molecule has 2 aromatic carbocycles. The van der Waals surface area contributed by atoms with E-state index in [1.165, 1.54) is 12.1 Å². The van der Waals surface area contributed by atoms with Crippen molar-refractivity contribution in [1.29, 1.82) is 0 Å². The van der Waals surface area contributed by atoms with Gasteiger partial charge in [0.2, 0.25) is 5.89 Å². The Bertz CT molecular complexity index is 894. The van der Waals surface area contributed by atoms with E-state index in [0.29, 0.717) is 19.0 Å². The predicted molar refractivity (Wildman–Crippen MR) is 99.2 cm³/mol. The Labute approximate surface area is 157 Å². The van der Waals surface area contributed by atoms with E-state index in [1.807, 2.05) is 24.3 Å². The molecule has 1 aliphatic rings. The van der Waals surface area contributed by atoms with Gasteiger partial charge in [-0.25, -0.2) is 9.37 Å². The van der Waals surface area contributed by atoms with Crippen molar-refractivity contribution in [3.63, 3.8) is 0 Å². The molecule has 3 aromatic rings. The quantitative estimate of drug-likeness (QED) is 0.654. The summed E-state index contributed by atoms with van der Waals surface area (Å²) < 4.78 is 30.4. The van der Waals surface area contributed by atoms with Crippen molar-refractivity contribution in [2.24, 2.45) is 0 Å². The topological polar surface area (TPSA) is 47.7 Å². The Hall–Kier alpha value is -2.86. The van der Waals surface area contributed by atoms with Crippen LogP contribution >= 0.6 is 0 Å². The van der Waals surface area contributed by atoms with Crippen LogP contribution in [0.3, 0.4) is 0 Å². The van der Waals surface area contributed by atoms with Crippen LogP contribution in [0.25, 0.3) is 11.5 Å². The standard InChI is InChI=1S/C21H21FN2O3/c1-2-24(12-18-14-25-19-5-3-4-6-20(19)27-18)11-17-13-26-21(23-17)15-7-9-16(22)10-8-15/h3-10,13,18H,2,11-12,14H2,1H3/t18-/m0/s1. The van der Waals surface area contributed by atoms with Crippen LogP contribution in [0.5, 0.6) is 11.5 Å². The number of aromatic nitrogens is 1. The molecule has 0 aliphatic carbocycles. The van der Waals surface area contributed by atoms with E-state index in [0.717, 1.165) is 35.8 Å². The first-order valence-electron chi connectivity index (χ1n) is 9.02. The molecule has 6 heteroatoms. The number of fused-ring (bicyclic) bond motifs is 1. The molecule has 0 saturated heterocycles. The van der Waals surface area contributed by atoms with E-state index in [4.69, 9.17) is 13.9 Å². The van der Waals surface area contributed by atoms with Crippen LogP contribution in [0, 0.1) is 5.82 Å². The second-order valence-electron chi connectivity index (χ2n) is 6.48. The van der Waals surface area contributed by atoms with Gasteiger partial charge in [-0.15, -0.1) is 0 Å². The van der Waals surface area contributed by atoms with Crippen molar-refractivity contribution < 1.29 is 18.3 Å². The summed E-state index contributed by atoms with van der Waals surface area (Å²) >= 11 is 0. The molecule has 27 heavy (non-hydrogen) atoms. The molecule has 0 bridgehead atoms. The van der Waals surface area contributed by atoms with E-state index >= 15 is 0 Å². The van der Waals surface area contributed by atoms with E-state index in [9.17, 15) is 4.39 Å². The van der Waals surface area contributed by atoms with Crippen molar-refractivity contribution in [2.45, 2.75) is 19.6 Å². The van der Waals surface area contributed by atoms with E-state index in [1.54, 1.807) is 18.4 Å². The van der Waals surface area contributed by atoms with Crippen molar-refractivity contribution in [1.82, 2.24) is 9.88 Å². The number of halogens is 1. The largest absolute Gasteiger partial charge is 0.486 e. The molecular weight excluding hydrogens is 347 g/mol. The first kappa shape index (κ1) is 17.5. The van der Waals surface area contributed by atoms with Gasteiger partial charge in [0.1, 0.15) is 24.8 Å². The summed E-state index contributed by atoms with van der Waals surface area (Å²) in [4.78, 5) is 6.75. The zero-order valence-electron chi connectivity index (χ0n) is 15.1. The lowest BCUT2D eigenvalue weighted by molar-refractivity contribution is 0.0577. The predicted octanol–water partition coefficient (Wildman–Crippen LogP) is 4.14. The first-order chi connectivity index (χ1) is 13.2. The summed E-state index contributed by atoms with van der Waals surface area (Å²) in [6.07, 6.45) is 1.61. The number of ether oxygens (including phenoxy) is 2. The van der Waals surface area contributed by atoms with Crippen molar-refractivity contribution in [3.05, 3.63) is 66.3 Å². The zero-order chi connectivity index (χ0) is 18.6. The molecule has 1 aromatic heterocycles. The van der Waals surface area contributed by atoms with E-state index in [2.05, 4.69) is 16.8 Å². The number of oxazole rings is 1. The maximum Gasteiger partial charge on any atom is 0.226 e. The summed E-state index contributed by atoms with van der Waals surface area (Å²) in [7, 11) is 0. The highest BCUT2D eigenvalue weighted by Gasteiger charge is 2.23. The molecule has 0 N–H and O–H groups in total. The molecule has 0 radical (unpaired) electrons. The monoisotopic (exact) mass is 368 g/mol. The van der Waals surface area contributed by atoms with Gasteiger partial charge in [-0.3, -0.25) is 4.90 Å². The van der Waals surface area contributed by atoms with Crippen LogP contribution in [0.1, 0.15) is 12.6 Å². The normalized spacial score (nSPS) is 15.9. The fourth-order valence-corrected chi connectivity index (χ4v) is 3.08. The third kappa shape index (κ3) is 4.11. The van der Waals surface area contributed by atoms with E-state index in [-0.39, 0.29) is 11.9 Å². The lowest BCUT2D eigenvalue weighted by atomic mass is 10.2. The Balaban J connectivity index is 1.39. The van der Waals surface area contributed by atoms with E-state index < -0.39 is 0 Å². The Kier molecular flexibility index (Phi) is 5.07. The molecule has 140 valence electrons. The minimum absolute atomic E-state index is 0.0386. The molecule has 0 amide bonds. The van der Waals surface area contributed by atoms with Crippen LogP contribution < -0.4 is 9.47 Å². The summed E-state index contributed by atoms with van der Waals surface area (Å²) in [5, 5.41) is 0. The zero-order valence-corrected chi connectivity index (χ0v) is 15.1. The van der Waals surface area contributed by atoms with Gasteiger partial charge in [-0.1, -0.05) is 19.1 Å². The highest BCUT2D eigenvalue weighted by molar-refractivity contribution is 5.52. The number of likely N-dealkylation sites (N-methyl/N-ethyl adjacent to an activating group) is 1. The molecule has 0 fully saturated rings. The maximum atomic E-state index is 13.1.